The second-order valence-corrected chi connectivity index (χ2v) is 5.94. The number of nitrogens with one attached hydrogen (secondary N) is 2. The number of ether oxygens (including phenoxy) is 1. The Morgan fingerprint density at radius 3 is 2.79 bits per heavy atom. The number of hydrogen-bond acceptors (Lipinski definition) is 4. The van der Waals surface area contributed by atoms with Gasteiger partial charge in [0.25, 0.3) is 5.91 Å². The minimum Gasteiger partial charge on any atom is -0.376 e. The number of carbonyl (C=O) groups excluding carboxylic acids is 1. The van der Waals surface area contributed by atoms with Crippen molar-refractivity contribution < 1.29 is 9.53 Å². The van der Waals surface area contributed by atoms with E-state index in [9.17, 15) is 4.79 Å². The number of benzene rings is 1. The van der Waals surface area contributed by atoms with Gasteiger partial charge >= 0.3 is 0 Å². The molecule has 1 fully saturated rings. The zero-order chi connectivity index (χ0) is 16.6. The normalized spacial score (nSPS) is 16.8. The summed E-state index contributed by atoms with van der Waals surface area (Å²) in [5.41, 5.74) is 1.79. The molecular formula is C19H23N3O2. The fourth-order valence-corrected chi connectivity index (χ4v) is 2.72. The van der Waals surface area contributed by atoms with Gasteiger partial charge in [-0.3, -0.25) is 4.79 Å². The van der Waals surface area contributed by atoms with Crippen LogP contribution in [0.1, 0.15) is 28.8 Å². The lowest BCUT2D eigenvalue weighted by atomic mass is 10.1. The number of carbonyl (C=O) groups is 1. The molecule has 126 valence electrons. The Labute approximate surface area is 142 Å². The second kappa shape index (κ2) is 8.45. The summed E-state index contributed by atoms with van der Waals surface area (Å²) >= 11 is 0. The molecule has 3 rings (SSSR count). The van der Waals surface area contributed by atoms with Gasteiger partial charge in [-0.1, -0.05) is 30.3 Å². The van der Waals surface area contributed by atoms with E-state index < -0.39 is 0 Å². The molecular weight excluding hydrogens is 302 g/mol. The number of anilines is 1. The molecule has 1 aromatic heterocycles. The Hall–Kier alpha value is -2.40. The first-order valence-corrected chi connectivity index (χ1v) is 8.45. The second-order valence-electron chi connectivity index (χ2n) is 5.94. The summed E-state index contributed by atoms with van der Waals surface area (Å²) in [6, 6.07) is 13.7. The Kier molecular flexibility index (Phi) is 5.80. The molecule has 2 aromatic rings. The van der Waals surface area contributed by atoms with Crippen LogP contribution in [0.2, 0.25) is 0 Å². The third-order valence-corrected chi connectivity index (χ3v) is 4.10. The minimum atomic E-state index is -0.0934. The fourth-order valence-electron chi connectivity index (χ4n) is 2.72. The van der Waals surface area contributed by atoms with Gasteiger partial charge in [0.1, 0.15) is 5.82 Å². The van der Waals surface area contributed by atoms with Crippen molar-refractivity contribution in [3.8, 4) is 0 Å². The van der Waals surface area contributed by atoms with Crippen molar-refractivity contribution in [1.82, 2.24) is 10.3 Å². The minimum absolute atomic E-state index is 0.0934. The first kappa shape index (κ1) is 16.5. The number of hydrogen-bond donors (Lipinski definition) is 2. The van der Waals surface area contributed by atoms with Crippen LogP contribution in [0.4, 0.5) is 5.82 Å². The van der Waals surface area contributed by atoms with Gasteiger partial charge in [0, 0.05) is 25.9 Å². The van der Waals surface area contributed by atoms with Crippen molar-refractivity contribution in [3.63, 3.8) is 0 Å². The number of pyridine rings is 1. The van der Waals surface area contributed by atoms with E-state index in [-0.39, 0.29) is 12.0 Å². The maximum atomic E-state index is 12.1. The van der Waals surface area contributed by atoms with E-state index in [4.69, 9.17) is 4.74 Å². The summed E-state index contributed by atoms with van der Waals surface area (Å²) in [5.74, 6) is 0.676. The fraction of sp³-hybridized carbons (Fsp3) is 0.368. The molecule has 1 aliphatic rings. The third kappa shape index (κ3) is 4.80. The topological polar surface area (TPSA) is 63.2 Å². The molecule has 5 heteroatoms. The molecule has 0 aliphatic carbocycles. The highest BCUT2D eigenvalue weighted by molar-refractivity contribution is 5.94. The summed E-state index contributed by atoms with van der Waals surface area (Å²) < 4.78 is 5.56. The lowest BCUT2D eigenvalue weighted by molar-refractivity contribution is 0.0953. The highest BCUT2D eigenvalue weighted by atomic mass is 16.5. The van der Waals surface area contributed by atoms with Gasteiger partial charge < -0.3 is 15.4 Å². The van der Waals surface area contributed by atoms with Gasteiger partial charge in [-0.15, -0.1) is 0 Å². The van der Waals surface area contributed by atoms with E-state index in [2.05, 4.69) is 27.8 Å². The van der Waals surface area contributed by atoms with E-state index in [1.165, 1.54) is 5.56 Å². The average Bonchev–Trinajstić information content (AvgIpc) is 3.15. The standard InChI is InChI=1S/C19H23N3O2/c23-19(20-11-10-15-5-2-1-3-6-15)16-8-9-18(21-13-16)22-14-17-7-4-12-24-17/h1-3,5-6,8-9,13,17H,4,7,10-12,14H2,(H,20,23)(H,21,22). The number of aromatic nitrogens is 1. The SMILES string of the molecule is O=C(NCCc1ccccc1)c1ccc(NCC2CCCO2)nc1. The molecule has 2 heterocycles. The summed E-state index contributed by atoms with van der Waals surface area (Å²) in [7, 11) is 0. The quantitative estimate of drug-likeness (QED) is 0.821. The lowest BCUT2D eigenvalue weighted by Crippen LogP contribution is -2.26. The number of rotatable bonds is 7. The molecule has 24 heavy (non-hydrogen) atoms. The number of amides is 1. The maximum Gasteiger partial charge on any atom is 0.252 e. The molecule has 1 aliphatic heterocycles. The molecule has 1 unspecified atom stereocenters. The van der Waals surface area contributed by atoms with Crippen LogP contribution in [0.3, 0.4) is 0 Å². The van der Waals surface area contributed by atoms with Crippen molar-refractivity contribution in [3.05, 3.63) is 59.8 Å². The van der Waals surface area contributed by atoms with Crippen LogP contribution in [0.5, 0.6) is 0 Å². The van der Waals surface area contributed by atoms with Crippen molar-refractivity contribution in [2.45, 2.75) is 25.4 Å². The van der Waals surface area contributed by atoms with Crippen LogP contribution >= 0.6 is 0 Å². The van der Waals surface area contributed by atoms with Gasteiger partial charge in [-0.05, 0) is 37.0 Å². The zero-order valence-electron chi connectivity index (χ0n) is 13.7. The third-order valence-electron chi connectivity index (χ3n) is 4.10. The van der Waals surface area contributed by atoms with Gasteiger partial charge in [-0.2, -0.15) is 0 Å². The molecule has 1 amide bonds. The van der Waals surface area contributed by atoms with Crippen molar-refractivity contribution in [1.29, 1.82) is 0 Å². The maximum absolute atomic E-state index is 12.1. The predicted molar refractivity (Wildman–Crippen MR) is 94.2 cm³/mol. The number of nitrogens with zero attached hydrogens (tertiary/aromatic N) is 1. The molecule has 0 saturated carbocycles. The molecule has 0 spiro atoms. The first-order chi connectivity index (χ1) is 11.8. The van der Waals surface area contributed by atoms with Crippen molar-refractivity contribution >= 4 is 11.7 Å². The molecule has 2 N–H and O–H groups in total. The van der Waals surface area contributed by atoms with Gasteiger partial charge in [-0.25, -0.2) is 4.98 Å². The summed E-state index contributed by atoms with van der Waals surface area (Å²) in [5, 5.41) is 6.17. The Balaban J connectivity index is 1.43. The Bertz CT molecular complexity index is 637. The van der Waals surface area contributed by atoms with Crippen LogP contribution in [0.25, 0.3) is 0 Å². The van der Waals surface area contributed by atoms with Gasteiger partial charge in [0.2, 0.25) is 0 Å². The summed E-state index contributed by atoms with van der Waals surface area (Å²) in [6.07, 6.45) is 4.92. The van der Waals surface area contributed by atoms with E-state index in [0.29, 0.717) is 12.1 Å². The highest BCUT2D eigenvalue weighted by Gasteiger charge is 2.15. The lowest BCUT2D eigenvalue weighted by Gasteiger charge is -2.11. The summed E-state index contributed by atoms with van der Waals surface area (Å²) in [4.78, 5) is 16.4. The van der Waals surface area contributed by atoms with E-state index >= 15 is 0 Å². The highest BCUT2D eigenvalue weighted by Crippen LogP contribution is 2.13. The zero-order valence-corrected chi connectivity index (χ0v) is 13.7. The van der Waals surface area contributed by atoms with Crippen LogP contribution in [-0.4, -0.2) is 36.7 Å². The van der Waals surface area contributed by atoms with Crippen LogP contribution < -0.4 is 10.6 Å². The molecule has 1 atom stereocenters. The molecule has 0 bridgehead atoms. The Morgan fingerprint density at radius 2 is 2.08 bits per heavy atom. The average molecular weight is 325 g/mol. The van der Waals surface area contributed by atoms with Crippen LogP contribution in [0, 0.1) is 0 Å². The van der Waals surface area contributed by atoms with E-state index in [1.807, 2.05) is 24.3 Å². The largest absolute Gasteiger partial charge is 0.376 e. The Morgan fingerprint density at radius 1 is 1.21 bits per heavy atom. The molecule has 0 radical (unpaired) electrons. The van der Waals surface area contributed by atoms with E-state index in [0.717, 1.165) is 38.2 Å². The van der Waals surface area contributed by atoms with Crippen LogP contribution in [0.15, 0.2) is 48.7 Å². The monoisotopic (exact) mass is 325 g/mol. The van der Waals surface area contributed by atoms with Gasteiger partial charge in [0.05, 0.1) is 11.7 Å². The smallest absolute Gasteiger partial charge is 0.252 e. The summed E-state index contributed by atoms with van der Waals surface area (Å²) in [6.45, 7) is 2.22. The van der Waals surface area contributed by atoms with Crippen molar-refractivity contribution in [2.24, 2.45) is 0 Å². The first-order valence-electron chi connectivity index (χ1n) is 8.45. The van der Waals surface area contributed by atoms with Gasteiger partial charge in [0.15, 0.2) is 0 Å². The van der Waals surface area contributed by atoms with E-state index in [1.54, 1.807) is 12.3 Å². The van der Waals surface area contributed by atoms with Crippen LogP contribution in [-0.2, 0) is 11.2 Å². The molecule has 5 nitrogen and oxygen atoms in total. The molecule has 1 aromatic carbocycles. The predicted octanol–water partition coefficient (Wildman–Crippen LogP) is 2.65. The van der Waals surface area contributed by atoms with Crippen molar-refractivity contribution in [2.75, 3.05) is 25.0 Å². The molecule has 1 saturated heterocycles.